The van der Waals surface area contributed by atoms with E-state index in [2.05, 4.69) is 26.2 Å². The molecule has 1 amide bonds. The summed E-state index contributed by atoms with van der Waals surface area (Å²) in [4.78, 5) is 16.0. The molecule has 5 nitrogen and oxygen atoms in total. The molecule has 1 aromatic heterocycles. The summed E-state index contributed by atoms with van der Waals surface area (Å²) in [5.74, 6) is 0.207. The van der Waals surface area contributed by atoms with Crippen LogP contribution in [-0.4, -0.2) is 18.0 Å². The van der Waals surface area contributed by atoms with Gasteiger partial charge in [-0.05, 0) is 24.3 Å². The van der Waals surface area contributed by atoms with Gasteiger partial charge in [0.25, 0.3) is 5.91 Å². The smallest absolute Gasteiger partial charge is 0.257 e. The van der Waals surface area contributed by atoms with E-state index in [-0.39, 0.29) is 5.91 Å². The molecular formula is C13H12BrN3O2. The van der Waals surface area contributed by atoms with Gasteiger partial charge in [-0.25, -0.2) is 4.98 Å². The third kappa shape index (κ3) is 3.23. The number of methoxy groups -OCH3 is 1. The van der Waals surface area contributed by atoms with Gasteiger partial charge in [0.1, 0.15) is 0 Å². The Morgan fingerprint density at radius 3 is 2.74 bits per heavy atom. The van der Waals surface area contributed by atoms with Gasteiger partial charge in [-0.2, -0.15) is 0 Å². The number of nitrogen functional groups attached to an aromatic ring is 1. The van der Waals surface area contributed by atoms with Crippen LogP contribution < -0.4 is 15.8 Å². The largest absolute Gasteiger partial charge is 0.481 e. The summed E-state index contributed by atoms with van der Waals surface area (Å²) >= 11 is 3.29. The number of hydrogen-bond acceptors (Lipinski definition) is 4. The minimum atomic E-state index is -0.281. The van der Waals surface area contributed by atoms with Crippen LogP contribution in [0.25, 0.3) is 0 Å². The van der Waals surface area contributed by atoms with Crippen molar-refractivity contribution in [3.8, 4) is 5.88 Å². The highest BCUT2D eigenvalue weighted by atomic mass is 79.9. The average molecular weight is 322 g/mol. The van der Waals surface area contributed by atoms with Crippen LogP contribution >= 0.6 is 15.9 Å². The van der Waals surface area contributed by atoms with E-state index >= 15 is 0 Å². The fourth-order valence-corrected chi connectivity index (χ4v) is 1.89. The van der Waals surface area contributed by atoms with Crippen molar-refractivity contribution in [3.63, 3.8) is 0 Å². The maximum absolute atomic E-state index is 12.0. The number of benzene rings is 1. The van der Waals surface area contributed by atoms with E-state index in [1.165, 1.54) is 13.3 Å². The minimum Gasteiger partial charge on any atom is -0.481 e. The van der Waals surface area contributed by atoms with Crippen molar-refractivity contribution in [1.82, 2.24) is 4.98 Å². The topological polar surface area (TPSA) is 77.2 Å². The van der Waals surface area contributed by atoms with Crippen molar-refractivity contribution in [1.29, 1.82) is 0 Å². The second-order valence-corrected chi connectivity index (χ2v) is 4.69. The van der Waals surface area contributed by atoms with E-state index in [0.29, 0.717) is 22.8 Å². The number of anilines is 2. The first-order valence-electron chi connectivity index (χ1n) is 5.46. The third-order valence-corrected chi connectivity index (χ3v) is 2.95. The van der Waals surface area contributed by atoms with Gasteiger partial charge in [-0.15, -0.1) is 0 Å². The van der Waals surface area contributed by atoms with Crippen molar-refractivity contribution < 1.29 is 9.53 Å². The van der Waals surface area contributed by atoms with Crippen LogP contribution in [0.2, 0.25) is 0 Å². The predicted molar refractivity (Wildman–Crippen MR) is 77.3 cm³/mol. The monoisotopic (exact) mass is 321 g/mol. The molecule has 2 aromatic rings. The van der Waals surface area contributed by atoms with Crippen LogP contribution in [-0.2, 0) is 0 Å². The molecule has 0 spiro atoms. The van der Waals surface area contributed by atoms with Gasteiger partial charge < -0.3 is 15.8 Å². The van der Waals surface area contributed by atoms with Crippen LogP contribution in [0.4, 0.5) is 11.4 Å². The summed E-state index contributed by atoms with van der Waals surface area (Å²) in [5.41, 5.74) is 7.20. The number of aromatic nitrogens is 1. The Balaban J connectivity index is 2.15. The number of nitrogens with one attached hydrogen (secondary N) is 1. The fourth-order valence-electron chi connectivity index (χ4n) is 1.51. The summed E-state index contributed by atoms with van der Waals surface area (Å²) in [6.07, 6.45) is 1.52. The van der Waals surface area contributed by atoms with Crippen molar-refractivity contribution in [3.05, 3.63) is 46.6 Å². The number of ether oxygens (including phenoxy) is 1. The number of carbonyl (C=O) groups is 1. The van der Waals surface area contributed by atoms with Gasteiger partial charge in [0, 0.05) is 16.2 Å². The predicted octanol–water partition coefficient (Wildman–Crippen LogP) is 2.69. The van der Waals surface area contributed by atoms with E-state index in [9.17, 15) is 4.79 Å². The molecule has 0 bridgehead atoms. The average Bonchev–Trinajstić information content (AvgIpc) is 2.39. The number of rotatable bonds is 3. The minimum absolute atomic E-state index is 0.281. The highest BCUT2D eigenvalue weighted by Gasteiger charge is 2.10. The molecule has 0 saturated carbocycles. The van der Waals surface area contributed by atoms with Crippen LogP contribution in [0.3, 0.4) is 0 Å². The van der Waals surface area contributed by atoms with Gasteiger partial charge in [-0.3, -0.25) is 4.79 Å². The Labute approximate surface area is 118 Å². The van der Waals surface area contributed by atoms with Gasteiger partial charge >= 0.3 is 0 Å². The first-order chi connectivity index (χ1) is 9.10. The van der Waals surface area contributed by atoms with E-state index in [0.717, 1.165) is 4.47 Å². The number of amides is 1. The van der Waals surface area contributed by atoms with E-state index in [1.807, 2.05) is 0 Å². The Kier molecular flexibility index (Phi) is 4.01. The molecule has 0 radical (unpaired) electrons. The zero-order chi connectivity index (χ0) is 13.8. The molecule has 0 aliphatic carbocycles. The van der Waals surface area contributed by atoms with Gasteiger partial charge in [0.05, 0.1) is 24.6 Å². The second kappa shape index (κ2) is 5.71. The molecule has 1 heterocycles. The molecule has 0 atom stereocenters. The zero-order valence-electron chi connectivity index (χ0n) is 10.2. The van der Waals surface area contributed by atoms with Crippen molar-refractivity contribution in [2.45, 2.75) is 0 Å². The molecule has 3 N–H and O–H groups in total. The molecule has 19 heavy (non-hydrogen) atoms. The number of nitrogens with two attached hydrogens (primary N) is 1. The molecule has 6 heteroatoms. The lowest BCUT2D eigenvalue weighted by Crippen LogP contribution is -2.14. The van der Waals surface area contributed by atoms with Gasteiger partial charge in [0.2, 0.25) is 5.88 Å². The Bertz CT molecular complexity index is 599. The van der Waals surface area contributed by atoms with Crippen LogP contribution in [0, 0.1) is 0 Å². The molecule has 0 aliphatic heterocycles. The highest BCUT2D eigenvalue weighted by molar-refractivity contribution is 9.10. The highest BCUT2D eigenvalue weighted by Crippen LogP contribution is 2.20. The molecule has 1 aromatic carbocycles. The van der Waals surface area contributed by atoms with Gasteiger partial charge in [-0.1, -0.05) is 15.9 Å². The molecule has 0 unspecified atom stereocenters. The summed E-state index contributed by atoms with van der Waals surface area (Å²) in [6, 6.07) is 8.48. The zero-order valence-corrected chi connectivity index (χ0v) is 11.8. The summed E-state index contributed by atoms with van der Waals surface area (Å²) in [5, 5.41) is 2.72. The van der Waals surface area contributed by atoms with E-state index in [1.54, 1.807) is 30.3 Å². The SMILES string of the molecule is COc1ccc(NC(=O)c2ccc(Br)cc2N)cn1. The lowest BCUT2D eigenvalue weighted by molar-refractivity contribution is 0.102. The van der Waals surface area contributed by atoms with E-state index in [4.69, 9.17) is 10.5 Å². The van der Waals surface area contributed by atoms with Crippen molar-refractivity contribution in [2.75, 3.05) is 18.2 Å². The third-order valence-electron chi connectivity index (χ3n) is 2.46. The molecule has 0 saturated heterocycles. The van der Waals surface area contributed by atoms with Gasteiger partial charge in [0.15, 0.2) is 0 Å². The fraction of sp³-hybridized carbons (Fsp3) is 0.0769. The number of nitrogens with zero attached hydrogens (tertiary/aromatic N) is 1. The van der Waals surface area contributed by atoms with E-state index < -0.39 is 0 Å². The lowest BCUT2D eigenvalue weighted by Gasteiger charge is -2.08. The second-order valence-electron chi connectivity index (χ2n) is 3.77. The maximum atomic E-state index is 12.0. The number of carbonyl (C=O) groups excluding carboxylic acids is 1. The van der Waals surface area contributed by atoms with Crippen LogP contribution in [0.5, 0.6) is 5.88 Å². The quantitative estimate of drug-likeness (QED) is 0.852. The first kappa shape index (κ1) is 13.4. The number of pyridine rings is 1. The maximum Gasteiger partial charge on any atom is 0.257 e. The summed E-state index contributed by atoms with van der Waals surface area (Å²) in [6.45, 7) is 0. The molecule has 2 rings (SSSR count). The number of halogens is 1. The van der Waals surface area contributed by atoms with Crippen molar-refractivity contribution >= 4 is 33.2 Å². The molecule has 0 aliphatic rings. The van der Waals surface area contributed by atoms with Crippen LogP contribution in [0.1, 0.15) is 10.4 Å². The Morgan fingerprint density at radius 1 is 1.37 bits per heavy atom. The van der Waals surface area contributed by atoms with Crippen LogP contribution in [0.15, 0.2) is 41.0 Å². The standard InChI is InChI=1S/C13H12BrN3O2/c1-19-12-5-3-9(7-16-12)17-13(18)10-4-2-8(14)6-11(10)15/h2-7H,15H2,1H3,(H,17,18). The molecule has 98 valence electrons. The normalized spacial score (nSPS) is 10.0. The molecule has 0 fully saturated rings. The summed E-state index contributed by atoms with van der Waals surface area (Å²) < 4.78 is 5.77. The Hall–Kier alpha value is -2.08. The molecular weight excluding hydrogens is 310 g/mol. The summed E-state index contributed by atoms with van der Waals surface area (Å²) in [7, 11) is 1.53. The number of hydrogen-bond donors (Lipinski definition) is 2. The Morgan fingerprint density at radius 2 is 2.16 bits per heavy atom. The first-order valence-corrected chi connectivity index (χ1v) is 6.26. The lowest BCUT2D eigenvalue weighted by atomic mass is 10.1. The van der Waals surface area contributed by atoms with Crippen molar-refractivity contribution in [2.24, 2.45) is 0 Å².